The molecule has 7 heteroatoms. The van der Waals surface area contributed by atoms with Crippen LogP contribution in [0.5, 0.6) is 0 Å². The molecule has 5 nitrogen and oxygen atoms in total. The lowest BCUT2D eigenvalue weighted by molar-refractivity contribution is -0.115. The Bertz CT molecular complexity index is 631. The zero-order valence-corrected chi connectivity index (χ0v) is 14.9. The van der Waals surface area contributed by atoms with Crippen molar-refractivity contribution in [1.29, 1.82) is 0 Å². The van der Waals surface area contributed by atoms with Crippen molar-refractivity contribution in [3.8, 4) is 0 Å². The van der Waals surface area contributed by atoms with Gasteiger partial charge in [-0.3, -0.25) is 4.79 Å². The second-order valence-corrected chi connectivity index (χ2v) is 7.95. The highest BCUT2D eigenvalue weighted by molar-refractivity contribution is 7.89. The van der Waals surface area contributed by atoms with Gasteiger partial charge in [-0.25, -0.2) is 8.42 Å². The molecule has 0 bridgehead atoms. The van der Waals surface area contributed by atoms with Crippen LogP contribution in [0, 0.1) is 0 Å². The minimum atomic E-state index is -3.48. The third kappa shape index (κ3) is 4.46. The number of hydrogen-bond acceptors (Lipinski definition) is 3. The number of halogens is 1. The number of benzene rings is 1. The first-order valence-electron chi connectivity index (χ1n) is 7.96. The Kier molecular flexibility index (Phi) is 6.44. The van der Waals surface area contributed by atoms with Gasteiger partial charge in [-0.2, -0.15) is 4.31 Å². The SMILES string of the molecule is CCC1CCCCN1S(=O)(=O)c1ccc(NC(=O)CCCl)cc1. The Morgan fingerprint density at radius 2 is 2.00 bits per heavy atom. The highest BCUT2D eigenvalue weighted by Crippen LogP contribution is 2.27. The Morgan fingerprint density at radius 1 is 1.30 bits per heavy atom. The van der Waals surface area contributed by atoms with Crippen LogP contribution in [0.15, 0.2) is 29.2 Å². The van der Waals surface area contributed by atoms with E-state index in [1.807, 2.05) is 6.92 Å². The maximum atomic E-state index is 12.8. The first kappa shape index (κ1) is 18.2. The number of hydrogen-bond donors (Lipinski definition) is 1. The van der Waals surface area contributed by atoms with Gasteiger partial charge in [0.2, 0.25) is 15.9 Å². The van der Waals surface area contributed by atoms with Crippen LogP contribution in [0.25, 0.3) is 0 Å². The van der Waals surface area contributed by atoms with E-state index in [2.05, 4.69) is 5.32 Å². The highest BCUT2D eigenvalue weighted by Gasteiger charge is 2.32. The van der Waals surface area contributed by atoms with Crippen molar-refractivity contribution < 1.29 is 13.2 Å². The van der Waals surface area contributed by atoms with Crippen molar-refractivity contribution in [3.05, 3.63) is 24.3 Å². The minimum absolute atomic E-state index is 0.0804. The summed E-state index contributed by atoms with van der Waals surface area (Å²) in [6.07, 6.45) is 3.96. The Balaban J connectivity index is 2.15. The summed E-state index contributed by atoms with van der Waals surface area (Å²) >= 11 is 5.52. The summed E-state index contributed by atoms with van der Waals surface area (Å²) in [6, 6.07) is 6.41. The number of amides is 1. The van der Waals surface area contributed by atoms with E-state index in [1.54, 1.807) is 28.6 Å². The molecule has 1 atom stereocenters. The largest absolute Gasteiger partial charge is 0.326 e. The number of alkyl halides is 1. The second kappa shape index (κ2) is 8.13. The number of sulfonamides is 1. The smallest absolute Gasteiger partial charge is 0.243 e. The molecule has 1 aromatic carbocycles. The van der Waals surface area contributed by atoms with Gasteiger partial charge in [0.05, 0.1) is 4.90 Å². The quantitative estimate of drug-likeness (QED) is 0.794. The van der Waals surface area contributed by atoms with Gasteiger partial charge in [0, 0.05) is 30.6 Å². The van der Waals surface area contributed by atoms with Crippen molar-refractivity contribution in [3.63, 3.8) is 0 Å². The summed E-state index contributed by atoms with van der Waals surface area (Å²) in [5.41, 5.74) is 0.574. The van der Waals surface area contributed by atoms with Crippen LogP contribution in [0.3, 0.4) is 0 Å². The predicted octanol–water partition coefficient (Wildman–Crippen LogP) is 3.21. The predicted molar refractivity (Wildman–Crippen MR) is 92.2 cm³/mol. The van der Waals surface area contributed by atoms with Gasteiger partial charge >= 0.3 is 0 Å². The summed E-state index contributed by atoms with van der Waals surface area (Å²) in [5.74, 6) is 0.0729. The lowest BCUT2D eigenvalue weighted by Gasteiger charge is -2.34. The first-order chi connectivity index (χ1) is 11.0. The number of anilines is 1. The van der Waals surface area contributed by atoms with Crippen molar-refractivity contribution in [2.24, 2.45) is 0 Å². The molecule has 0 radical (unpaired) electrons. The third-order valence-electron chi connectivity index (χ3n) is 4.11. The molecule has 1 fully saturated rings. The standard InChI is InChI=1S/C16H23ClN2O3S/c1-2-14-5-3-4-12-19(14)23(21,22)15-8-6-13(7-9-15)18-16(20)10-11-17/h6-9,14H,2-5,10-12H2,1H3,(H,18,20). The normalized spacial score (nSPS) is 19.5. The fourth-order valence-electron chi connectivity index (χ4n) is 2.85. The van der Waals surface area contributed by atoms with Crippen molar-refractivity contribution in [1.82, 2.24) is 4.31 Å². The fraction of sp³-hybridized carbons (Fsp3) is 0.562. The molecule has 23 heavy (non-hydrogen) atoms. The monoisotopic (exact) mass is 358 g/mol. The zero-order chi connectivity index (χ0) is 16.9. The number of rotatable bonds is 6. The average molecular weight is 359 g/mol. The van der Waals surface area contributed by atoms with Crippen molar-refractivity contribution in [2.75, 3.05) is 17.7 Å². The molecule has 2 rings (SSSR count). The van der Waals surface area contributed by atoms with E-state index >= 15 is 0 Å². The Labute approximate surface area is 143 Å². The summed E-state index contributed by atoms with van der Waals surface area (Å²) < 4.78 is 27.2. The van der Waals surface area contributed by atoms with Gasteiger partial charge in [-0.05, 0) is 43.5 Å². The highest BCUT2D eigenvalue weighted by atomic mass is 35.5. The third-order valence-corrected chi connectivity index (χ3v) is 6.27. The van der Waals surface area contributed by atoms with E-state index in [0.717, 1.165) is 25.7 Å². The first-order valence-corrected chi connectivity index (χ1v) is 9.94. The van der Waals surface area contributed by atoms with E-state index in [1.165, 1.54) is 0 Å². The topological polar surface area (TPSA) is 66.5 Å². The zero-order valence-electron chi connectivity index (χ0n) is 13.3. The molecule has 1 amide bonds. The number of carbonyl (C=O) groups excluding carboxylic acids is 1. The lowest BCUT2D eigenvalue weighted by atomic mass is 10.0. The second-order valence-electron chi connectivity index (χ2n) is 5.69. The van der Waals surface area contributed by atoms with E-state index in [4.69, 9.17) is 11.6 Å². The molecule has 0 spiro atoms. The van der Waals surface area contributed by atoms with E-state index in [0.29, 0.717) is 12.2 Å². The summed E-state index contributed by atoms with van der Waals surface area (Å²) in [5, 5.41) is 2.69. The fourth-order valence-corrected chi connectivity index (χ4v) is 4.79. The van der Waals surface area contributed by atoms with Crippen LogP contribution < -0.4 is 5.32 Å². The molecule has 0 saturated carbocycles. The average Bonchev–Trinajstić information content (AvgIpc) is 2.55. The van der Waals surface area contributed by atoms with Crippen molar-refractivity contribution >= 4 is 33.2 Å². The van der Waals surface area contributed by atoms with Gasteiger partial charge in [0.15, 0.2) is 0 Å². The van der Waals surface area contributed by atoms with E-state index in [-0.39, 0.29) is 29.1 Å². The van der Waals surface area contributed by atoms with Crippen LogP contribution in [0.4, 0.5) is 5.69 Å². The molecular formula is C16H23ClN2O3S. The van der Waals surface area contributed by atoms with E-state index < -0.39 is 10.0 Å². The molecule has 1 aromatic rings. The molecule has 128 valence electrons. The number of nitrogens with zero attached hydrogens (tertiary/aromatic N) is 1. The Morgan fingerprint density at radius 3 is 2.61 bits per heavy atom. The van der Waals surface area contributed by atoms with Crippen molar-refractivity contribution in [2.45, 2.75) is 50.0 Å². The molecule has 1 unspecified atom stereocenters. The molecule has 1 aliphatic rings. The molecule has 1 N–H and O–H groups in total. The number of nitrogens with one attached hydrogen (secondary N) is 1. The van der Waals surface area contributed by atoms with Crippen LogP contribution >= 0.6 is 11.6 Å². The Hall–Kier alpha value is -1.11. The maximum absolute atomic E-state index is 12.8. The molecule has 1 aliphatic heterocycles. The summed E-state index contributed by atoms with van der Waals surface area (Å²) in [6.45, 7) is 2.60. The van der Waals surface area contributed by atoms with E-state index in [9.17, 15) is 13.2 Å². The molecule has 0 aliphatic carbocycles. The van der Waals surface area contributed by atoms with Gasteiger partial charge in [-0.15, -0.1) is 11.6 Å². The molecule has 1 saturated heterocycles. The number of carbonyl (C=O) groups is 1. The van der Waals surface area contributed by atoms with Crippen LogP contribution in [-0.2, 0) is 14.8 Å². The molecule has 1 heterocycles. The van der Waals surface area contributed by atoms with Crippen LogP contribution in [0.1, 0.15) is 39.0 Å². The van der Waals surface area contributed by atoms with Gasteiger partial charge in [0.25, 0.3) is 0 Å². The summed E-state index contributed by atoms with van der Waals surface area (Å²) in [4.78, 5) is 11.8. The molecular weight excluding hydrogens is 336 g/mol. The van der Waals surface area contributed by atoms with Crippen LogP contribution in [-0.4, -0.2) is 37.1 Å². The van der Waals surface area contributed by atoms with Gasteiger partial charge in [0.1, 0.15) is 0 Å². The van der Waals surface area contributed by atoms with Crippen LogP contribution in [0.2, 0.25) is 0 Å². The lowest BCUT2D eigenvalue weighted by Crippen LogP contribution is -2.43. The summed E-state index contributed by atoms with van der Waals surface area (Å²) in [7, 11) is -3.48. The van der Waals surface area contributed by atoms with Gasteiger partial charge in [-0.1, -0.05) is 13.3 Å². The maximum Gasteiger partial charge on any atom is 0.243 e. The minimum Gasteiger partial charge on any atom is -0.326 e. The number of piperidine rings is 1. The molecule has 0 aromatic heterocycles. The van der Waals surface area contributed by atoms with Gasteiger partial charge < -0.3 is 5.32 Å².